The monoisotopic (exact) mass is 279 g/mol. The Morgan fingerprint density at radius 2 is 2.05 bits per heavy atom. The van der Waals surface area contributed by atoms with Gasteiger partial charge in [-0.2, -0.15) is 0 Å². The quantitative estimate of drug-likeness (QED) is 0.553. The van der Waals surface area contributed by atoms with Crippen LogP contribution in [0.5, 0.6) is 0 Å². The molecule has 0 aliphatic carbocycles. The van der Waals surface area contributed by atoms with Crippen molar-refractivity contribution in [2.75, 3.05) is 5.32 Å². The van der Waals surface area contributed by atoms with Gasteiger partial charge in [-0.1, -0.05) is 32.4 Å². The smallest absolute Gasteiger partial charge is 0.211 e. The molecule has 0 saturated heterocycles. The first kappa shape index (κ1) is 16.3. The maximum Gasteiger partial charge on any atom is 0.211 e. The number of amides is 1. The number of carbonyl (C=O) groups excluding carboxylic acids is 2. The molecule has 0 aliphatic rings. The van der Waals surface area contributed by atoms with E-state index in [4.69, 9.17) is 0 Å². The van der Waals surface area contributed by atoms with Crippen LogP contribution in [0.2, 0.25) is 0 Å². The zero-order chi connectivity index (χ0) is 15.0. The van der Waals surface area contributed by atoms with Crippen molar-refractivity contribution in [1.29, 1.82) is 0 Å². The number of hydrogen-bond donors (Lipinski definition) is 1. The predicted octanol–water partition coefficient (Wildman–Crippen LogP) is 3.72. The molecule has 1 amide bonds. The number of hydrogen-bond acceptors (Lipinski definition) is 2. The van der Waals surface area contributed by atoms with Gasteiger partial charge in [0.05, 0.1) is 5.69 Å². The lowest BCUT2D eigenvalue weighted by atomic mass is 10.0. The van der Waals surface area contributed by atoms with Gasteiger partial charge < -0.3 is 5.32 Å². The Labute approximate surface area is 119 Å². The molecular weight excluding hydrogens is 257 g/mol. The third-order valence-corrected chi connectivity index (χ3v) is 3.31. The van der Waals surface area contributed by atoms with Gasteiger partial charge in [0.1, 0.15) is 11.6 Å². The van der Waals surface area contributed by atoms with Crippen LogP contribution < -0.4 is 5.32 Å². The van der Waals surface area contributed by atoms with Crippen molar-refractivity contribution in [3.8, 4) is 0 Å². The van der Waals surface area contributed by atoms with E-state index in [0.717, 1.165) is 19.3 Å². The lowest BCUT2D eigenvalue weighted by Gasteiger charge is -2.07. The highest BCUT2D eigenvalue weighted by atomic mass is 19.1. The molecule has 1 aromatic carbocycles. The molecule has 1 N–H and O–H groups in total. The van der Waals surface area contributed by atoms with Crippen molar-refractivity contribution < 1.29 is 14.0 Å². The van der Waals surface area contributed by atoms with Crippen LogP contribution in [-0.2, 0) is 16.0 Å². The summed E-state index contributed by atoms with van der Waals surface area (Å²) in [4.78, 5) is 21.8. The summed E-state index contributed by atoms with van der Waals surface area (Å²) < 4.78 is 13.9. The van der Waals surface area contributed by atoms with Crippen LogP contribution in [0.1, 0.15) is 45.1 Å². The number of nitrogens with one attached hydrogen (secondary N) is 1. The van der Waals surface area contributed by atoms with Crippen LogP contribution in [0.3, 0.4) is 0 Å². The standard InChI is InChI=1S/C16H22FNO2/c1-12(2)15(20)10-5-3-4-7-13-8-6-9-14(16(13)17)18-11-19/h6,8-9,11-12H,3-5,7,10H2,1-2H3,(H,18,19). The third kappa shape index (κ3) is 5.11. The normalized spacial score (nSPS) is 10.6. The van der Waals surface area contributed by atoms with Gasteiger partial charge in [0.25, 0.3) is 0 Å². The Morgan fingerprint density at radius 1 is 1.30 bits per heavy atom. The summed E-state index contributed by atoms with van der Waals surface area (Å²) in [7, 11) is 0. The Balaban J connectivity index is 2.37. The molecule has 0 heterocycles. The molecule has 3 nitrogen and oxygen atoms in total. The number of aryl methyl sites for hydroxylation is 1. The van der Waals surface area contributed by atoms with Crippen molar-refractivity contribution in [1.82, 2.24) is 0 Å². The van der Waals surface area contributed by atoms with Crippen molar-refractivity contribution in [3.05, 3.63) is 29.6 Å². The molecule has 0 spiro atoms. The highest BCUT2D eigenvalue weighted by Gasteiger charge is 2.08. The van der Waals surface area contributed by atoms with E-state index in [0.29, 0.717) is 24.8 Å². The first-order chi connectivity index (χ1) is 9.56. The molecule has 20 heavy (non-hydrogen) atoms. The summed E-state index contributed by atoms with van der Waals surface area (Å²) in [6.07, 6.45) is 4.30. The molecule has 0 radical (unpaired) electrons. The number of Topliss-reactive ketones (excluding diaryl/α,β-unsaturated/α-hetero) is 1. The molecule has 4 heteroatoms. The number of anilines is 1. The summed E-state index contributed by atoms with van der Waals surface area (Å²) in [5.74, 6) is 0.0183. The number of carbonyl (C=O) groups is 2. The van der Waals surface area contributed by atoms with Gasteiger partial charge in [0.15, 0.2) is 0 Å². The molecule has 0 bridgehead atoms. The largest absolute Gasteiger partial charge is 0.326 e. The summed E-state index contributed by atoms with van der Waals surface area (Å²) >= 11 is 0. The molecule has 0 aliphatic heterocycles. The van der Waals surface area contributed by atoms with Gasteiger partial charge in [-0.15, -0.1) is 0 Å². The Hall–Kier alpha value is -1.71. The highest BCUT2D eigenvalue weighted by molar-refractivity contribution is 5.80. The van der Waals surface area contributed by atoms with Crippen LogP contribution in [0.15, 0.2) is 18.2 Å². The van der Waals surface area contributed by atoms with E-state index in [1.807, 2.05) is 13.8 Å². The summed E-state index contributed by atoms with van der Waals surface area (Å²) in [6, 6.07) is 4.99. The van der Waals surface area contributed by atoms with E-state index >= 15 is 0 Å². The second kappa shape index (κ2) is 8.46. The predicted molar refractivity (Wildman–Crippen MR) is 78.1 cm³/mol. The number of rotatable bonds is 9. The van der Waals surface area contributed by atoms with E-state index in [2.05, 4.69) is 5.32 Å². The lowest BCUT2D eigenvalue weighted by Crippen LogP contribution is -2.06. The Morgan fingerprint density at radius 3 is 2.70 bits per heavy atom. The fourth-order valence-corrected chi connectivity index (χ4v) is 2.03. The van der Waals surface area contributed by atoms with E-state index in [9.17, 15) is 14.0 Å². The Bertz CT molecular complexity index is 458. The fourth-order valence-electron chi connectivity index (χ4n) is 2.03. The number of halogens is 1. The molecule has 0 atom stereocenters. The first-order valence-corrected chi connectivity index (χ1v) is 7.06. The van der Waals surface area contributed by atoms with E-state index in [1.54, 1.807) is 12.1 Å². The highest BCUT2D eigenvalue weighted by Crippen LogP contribution is 2.19. The average molecular weight is 279 g/mol. The molecule has 0 unspecified atom stereocenters. The summed E-state index contributed by atoms with van der Waals surface area (Å²) in [5.41, 5.74) is 0.819. The number of unbranched alkanes of at least 4 members (excludes halogenated alkanes) is 2. The van der Waals surface area contributed by atoms with Crippen LogP contribution in [0.4, 0.5) is 10.1 Å². The minimum atomic E-state index is -0.363. The average Bonchev–Trinajstić information content (AvgIpc) is 2.42. The second-order valence-corrected chi connectivity index (χ2v) is 5.22. The number of ketones is 1. The topological polar surface area (TPSA) is 46.2 Å². The fraction of sp³-hybridized carbons (Fsp3) is 0.500. The van der Waals surface area contributed by atoms with Crippen molar-refractivity contribution in [3.63, 3.8) is 0 Å². The van der Waals surface area contributed by atoms with Gasteiger partial charge in [-0.05, 0) is 30.9 Å². The summed E-state index contributed by atoms with van der Waals surface area (Å²) in [5, 5.41) is 2.34. The van der Waals surface area contributed by atoms with Crippen molar-refractivity contribution in [2.45, 2.75) is 46.0 Å². The SMILES string of the molecule is CC(C)C(=O)CCCCCc1cccc(NC=O)c1F. The molecule has 0 saturated carbocycles. The minimum absolute atomic E-state index is 0.0959. The molecule has 110 valence electrons. The maximum atomic E-state index is 13.9. The zero-order valence-corrected chi connectivity index (χ0v) is 12.1. The van der Waals surface area contributed by atoms with Crippen LogP contribution >= 0.6 is 0 Å². The second-order valence-electron chi connectivity index (χ2n) is 5.22. The lowest BCUT2D eigenvalue weighted by molar-refractivity contribution is -0.122. The van der Waals surface area contributed by atoms with E-state index in [-0.39, 0.29) is 23.2 Å². The Kier molecular flexibility index (Phi) is 6.91. The van der Waals surface area contributed by atoms with Crippen LogP contribution in [0.25, 0.3) is 0 Å². The number of benzene rings is 1. The van der Waals surface area contributed by atoms with Gasteiger partial charge in [-0.25, -0.2) is 4.39 Å². The third-order valence-electron chi connectivity index (χ3n) is 3.31. The summed E-state index contributed by atoms with van der Waals surface area (Å²) in [6.45, 7) is 3.81. The first-order valence-electron chi connectivity index (χ1n) is 7.06. The molecular formula is C16H22FNO2. The van der Waals surface area contributed by atoms with Crippen LogP contribution in [0, 0.1) is 11.7 Å². The van der Waals surface area contributed by atoms with Crippen molar-refractivity contribution >= 4 is 17.9 Å². The van der Waals surface area contributed by atoms with E-state index < -0.39 is 0 Å². The van der Waals surface area contributed by atoms with E-state index in [1.165, 1.54) is 6.07 Å². The van der Waals surface area contributed by atoms with Gasteiger partial charge in [-0.3, -0.25) is 9.59 Å². The maximum absolute atomic E-state index is 13.9. The molecule has 0 fully saturated rings. The zero-order valence-electron chi connectivity index (χ0n) is 12.1. The van der Waals surface area contributed by atoms with Crippen molar-refractivity contribution in [2.24, 2.45) is 5.92 Å². The van der Waals surface area contributed by atoms with Gasteiger partial charge in [0.2, 0.25) is 6.41 Å². The minimum Gasteiger partial charge on any atom is -0.326 e. The van der Waals surface area contributed by atoms with Gasteiger partial charge in [0, 0.05) is 12.3 Å². The molecule has 1 aromatic rings. The molecule has 1 rings (SSSR count). The molecule has 0 aromatic heterocycles. The van der Waals surface area contributed by atoms with Crippen LogP contribution in [-0.4, -0.2) is 12.2 Å². The van der Waals surface area contributed by atoms with Gasteiger partial charge >= 0.3 is 0 Å².